The van der Waals surface area contributed by atoms with E-state index in [2.05, 4.69) is 40.0 Å². The Balaban J connectivity index is 1.34. The highest BCUT2D eigenvalue weighted by molar-refractivity contribution is 7.22. The van der Waals surface area contributed by atoms with Crippen molar-refractivity contribution in [3.05, 3.63) is 163 Å². The molecule has 17 nitrogen and oxygen atoms in total. The lowest BCUT2D eigenvalue weighted by atomic mass is 10.1. The average molecular weight is 900 g/mol. The number of rotatable bonds is 22. The molecule has 0 spiro atoms. The lowest BCUT2D eigenvalue weighted by Crippen LogP contribution is -2.13. The number of carbonyl (C=O) groups is 7. The van der Waals surface area contributed by atoms with Crippen molar-refractivity contribution in [1.29, 1.82) is 0 Å². The predicted octanol–water partition coefficient (Wildman–Crippen LogP) is 7.19. The van der Waals surface area contributed by atoms with E-state index in [-0.39, 0.29) is 58.3 Å². The number of nitrogens with zero attached hydrogens (tertiary/aromatic N) is 2. The van der Waals surface area contributed by atoms with E-state index in [4.69, 9.17) is 28.4 Å². The zero-order valence-corrected chi connectivity index (χ0v) is 35.0. The number of hydrogen-bond donors (Lipinski definition) is 1. The minimum absolute atomic E-state index is 0.00197. The molecule has 0 aliphatic heterocycles. The van der Waals surface area contributed by atoms with Crippen LogP contribution in [0.25, 0.3) is 22.4 Å². The van der Waals surface area contributed by atoms with Gasteiger partial charge in [-0.25, -0.2) is 33.8 Å². The lowest BCUT2D eigenvalue weighted by Gasteiger charge is -2.13. The van der Waals surface area contributed by atoms with E-state index in [1.165, 1.54) is 84.3 Å². The van der Waals surface area contributed by atoms with Crippen molar-refractivity contribution in [2.24, 2.45) is 5.10 Å². The third-order valence-electron chi connectivity index (χ3n) is 8.23. The number of aromatic nitrogens is 1. The molecule has 1 N–H and O–H groups in total. The Labute approximate surface area is 374 Å². The molecular weight excluding hydrogens is 863 g/mol. The first kappa shape index (κ1) is 47.3. The Kier molecular flexibility index (Phi) is 17.5. The molecule has 0 aliphatic carbocycles. The maximum atomic E-state index is 13.6. The first-order chi connectivity index (χ1) is 31.4. The van der Waals surface area contributed by atoms with E-state index in [0.29, 0.717) is 10.7 Å². The second-order valence-electron chi connectivity index (χ2n) is 12.6. The summed E-state index contributed by atoms with van der Waals surface area (Å²) in [5.41, 5.74) is 4.78. The van der Waals surface area contributed by atoms with Gasteiger partial charge in [-0.05, 0) is 78.4 Å². The Morgan fingerprint density at radius 3 is 2.06 bits per heavy atom. The van der Waals surface area contributed by atoms with Crippen LogP contribution in [0.2, 0.25) is 0 Å². The molecule has 0 saturated carbocycles. The van der Waals surface area contributed by atoms with E-state index in [1.54, 1.807) is 12.1 Å². The summed E-state index contributed by atoms with van der Waals surface area (Å²) in [4.78, 5) is 89.7. The SMILES string of the molecule is C=CC(=O)CCOC(=O)/C=C/c1ccc(C(=O)Oc2ccc(OC(=O)c3ccc(/C=C/C(=O)OCOC(=O)C=C)c(OCOC(=O)C=C)c3)c(/C=N/Nc3nc4ccccc4s3)c2)cc1. The molecule has 4 aromatic carbocycles. The first-order valence-corrected chi connectivity index (χ1v) is 19.8. The van der Waals surface area contributed by atoms with Crippen LogP contribution in [0.3, 0.4) is 0 Å². The summed E-state index contributed by atoms with van der Waals surface area (Å²) in [5.74, 6) is -4.90. The van der Waals surface area contributed by atoms with Crippen molar-refractivity contribution in [2.75, 3.05) is 25.6 Å². The van der Waals surface area contributed by atoms with Gasteiger partial charge in [0.1, 0.15) is 17.2 Å². The normalized spacial score (nSPS) is 10.8. The molecule has 0 amide bonds. The van der Waals surface area contributed by atoms with Gasteiger partial charge in [0, 0.05) is 41.9 Å². The molecule has 0 radical (unpaired) electrons. The number of hydrogen-bond acceptors (Lipinski definition) is 18. The largest absolute Gasteiger partial charge is 0.462 e. The number of benzene rings is 4. The second-order valence-corrected chi connectivity index (χ2v) is 13.7. The minimum Gasteiger partial charge on any atom is -0.462 e. The van der Waals surface area contributed by atoms with E-state index < -0.39 is 49.4 Å². The van der Waals surface area contributed by atoms with Crippen molar-refractivity contribution in [1.82, 2.24) is 4.98 Å². The van der Waals surface area contributed by atoms with E-state index in [1.807, 2.05) is 24.3 Å². The van der Waals surface area contributed by atoms with Gasteiger partial charge in [0.2, 0.25) is 18.7 Å². The van der Waals surface area contributed by atoms with Crippen molar-refractivity contribution in [2.45, 2.75) is 6.42 Å². The summed E-state index contributed by atoms with van der Waals surface area (Å²) >= 11 is 1.36. The summed E-state index contributed by atoms with van der Waals surface area (Å²) in [6.45, 7) is 8.60. The summed E-state index contributed by atoms with van der Waals surface area (Å²) in [6, 6.07) is 21.9. The summed E-state index contributed by atoms with van der Waals surface area (Å²) in [5, 5.41) is 4.76. The smallest absolute Gasteiger partial charge is 0.343 e. The Bertz CT molecular complexity index is 2680. The molecule has 0 fully saturated rings. The average Bonchev–Trinajstić information content (AvgIpc) is 3.74. The first-order valence-electron chi connectivity index (χ1n) is 19.0. The molecule has 0 atom stereocenters. The Hall–Kier alpha value is -8.77. The summed E-state index contributed by atoms with van der Waals surface area (Å²) in [7, 11) is 0. The Morgan fingerprint density at radius 2 is 1.32 bits per heavy atom. The highest BCUT2D eigenvalue weighted by atomic mass is 32.1. The molecule has 18 heteroatoms. The van der Waals surface area contributed by atoms with Gasteiger partial charge in [0.05, 0.1) is 34.2 Å². The maximum absolute atomic E-state index is 13.6. The topological polar surface area (TPSA) is 221 Å². The summed E-state index contributed by atoms with van der Waals surface area (Å²) in [6.07, 6.45) is 9.30. The number of carbonyl (C=O) groups excluding carboxylic acids is 7. The fourth-order valence-electron chi connectivity index (χ4n) is 5.03. The molecule has 65 heavy (non-hydrogen) atoms. The number of hydrazone groups is 1. The highest BCUT2D eigenvalue weighted by Crippen LogP contribution is 2.29. The molecular formula is C47H37N3O14S. The monoisotopic (exact) mass is 899 g/mol. The zero-order chi connectivity index (χ0) is 46.6. The number of ketones is 1. The molecule has 1 aromatic heterocycles. The fraction of sp³-hybridized carbons (Fsp3) is 0.0851. The lowest BCUT2D eigenvalue weighted by molar-refractivity contribution is -0.160. The van der Waals surface area contributed by atoms with Gasteiger partial charge in [-0.3, -0.25) is 10.2 Å². The molecule has 5 aromatic rings. The molecule has 0 saturated heterocycles. The molecule has 330 valence electrons. The third kappa shape index (κ3) is 15.0. The number of esters is 6. The highest BCUT2D eigenvalue weighted by Gasteiger charge is 2.17. The minimum atomic E-state index is -0.880. The number of nitrogens with one attached hydrogen (secondary N) is 1. The third-order valence-corrected chi connectivity index (χ3v) is 9.17. The van der Waals surface area contributed by atoms with Gasteiger partial charge in [-0.1, -0.05) is 61.4 Å². The predicted molar refractivity (Wildman–Crippen MR) is 238 cm³/mol. The van der Waals surface area contributed by atoms with Gasteiger partial charge in [-0.2, -0.15) is 5.10 Å². The number of anilines is 1. The van der Waals surface area contributed by atoms with Gasteiger partial charge in [0.25, 0.3) is 0 Å². The van der Waals surface area contributed by atoms with Crippen molar-refractivity contribution in [3.8, 4) is 17.2 Å². The van der Waals surface area contributed by atoms with Crippen LogP contribution >= 0.6 is 11.3 Å². The van der Waals surface area contributed by atoms with Crippen LogP contribution in [-0.2, 0) is 42.9 Å². The zero-order valence-electron chi connectivity index (χ0n) is 34.2. The quantitative estimate of drug-likeness (QED) is 0.0138. The Morgan fingerprint density at radius 1 is 0.646 bits per heavy atom. The van der Waals surface area contributed by atoms with Gasteiger partial charge >= 0.3 is 35.8 Å². The summed E-state index contributed by atoms with van der Waals surface area (Å²) < 4.78 is 37.3. The molecule has 1 heterocycles. The van der Waals surface area contributed by atoms with Crippen molar-refractivity contribution >= 4 is 86.7 Å². The van der Waals surface area contributed by atoms with E-state index in [9.17, 15) is 33.6 Å². The number of para-hydroxylation sites is 1. The van der Waals surface area contributed by atoms with Crippen LogP contribution in [0, 0.1) is 0 Å². The van der Waals surface area contributed by atoms with Crippen LogP contribution in [0.15, 0.2) is 140 Å². The number of ether oxygens (including phenoxy) is 7. The van der Waals surface area contributed by atoms with Crippen molar-refractivity contribution < 1.29 is 66.7 Å². The fourth-order valence-corrected chi connectivity index (χ4v) is 5.84. The molecule has 5 rings (SSSR count). The van der Waals surface area contributed by atoms with Gasteiger partial charge in [-0.15, -0.1) is 0 Å². The molecule has 0 aliphatic rings. The second kappa shape index (κ2) is 24.0. The molecule has 0 unspecified atom stereocenters. The van der Waals surface area contributed by atoms with Gasteiger partial charge < -0.3 is 33.2 Å². The standard InChI is InChI=1S/C47H37N3O14S/c1-4-35(51)23-24-58-43(54)21-13-30-11-14-32(15-12-30)45(56)63-36-19-20-38(34(25-36)27-48-50-47-49-37-9-7-8-10-40(37)65-47)64-46(57)33-17-16-31(39(26-33)59-28-60-41(52)5-2)18-22-44(55)62-29-61-42(53)6-3/h4-22,25-27H,1-3,23-24,28-29H2,(H,49,50)/b21-13+,22-18+,48-27+. The number of allylic oxidation sites excluding steroid dienone is 1. The van der Waals surface area contributed by atoms with Crippen molar-refractivity contribution in [3.63, 3.8) is 0 Å². The van der Waals surface area contributed by atoms with Crippen LogP contribution in [-0.4, -0.2) is 73.0 Å². The number of thiazole rings is 1. The van der Waals surface area contributed by atoms with Crippen LogP contribution in [0.4, 0.5) is 5.13 Å². The van der Waals surface area contributed by atoms with Crippen LogP contribution in [0.5, 0.6) is 17.2 Å². The van der Waals surface area contributed by atoms with E-state index >= 15 is 0 Å². The van der Waals surface area contributed by atoms with Gasteiger partial charge in [0.15, 0.2) is 5.78 Å². The van der Waals surface area contributed by atoms with Crippen LogP contribution < -0.4 is 19.6 Å². The van der Waals surface area contributed by atoms with E-state index in [0.717, 1.165) is 34.5 Å². The maximum Gasteiger partial charge on any atom is 0.343 e. The van der Waals surface area contributed by atoms with Crippen LogP contribution in [0.1, 0.15) is 43.8 Å². The number of fused-ring (bicyclic) bond motifs is 1. The molecule has 0 bridgehead atoms.